The van der Waals surface area contributed by atoms with E-state index in [-0.39, 0.29) is 29.4 Å². The second-order valence-corrected chi connectivity index (χ2v) is 8.40. The molecule has 0 aliphatic carbocycles. The third kappa shape index (κ3) is 4.27. The van der Waals surface area contributed by atoms with Crippen LogP contribution >= 0.6 is 23.4 Å². The first-order valence-corrected chi connectivity index (χ1v) is 9.20. The van der Waals surface area contributed by atoms with E-state index in [1.165, 1.54) is 11.8 Å². The molecule has 1 aliphatic rings. The first-order valence-electron chi connectivity index (χ1n) is 5.95. The molecule has 7 heteroatoms. The smallest absolute Gasteiger partial charge is 0.153 e. The van der Waals surface area contributed by atoms with E-state index >= 15 is 0 Å². The average Bonchev–Trinajstić information content (AvgIpc) is 2.64. The van der Waals surface area contributed by atoms with Crippen LogP contribution in [0, 0.1) is 0 Å². The molecule has 1 fully saturated rings. The molecule has 0 saturated carbocycles. The summed E-state index contributed by atoms with van der Waals surface area (Å²) < 4.78 is 23.4. The van der Waals surface area contributed by atoms with Crippen LogP contribution in [0.5, 0.6) is 0 Å². The number of sulfone groups is 1. The number of aliphatic hydroxyl groups is 1. The van der Waals surface area contributed by atoms with Crippen LogP contribution in [0.4, 0.5) is 5.69 Å². The third-order valence-corrected chi connectivity index (χ3v) is 6.46. The minimum atomic E-state index is -2.99. The highest BCUT2D eigenvalue weighted by molar-refractivity contribution is 8.01. The maximum absolute atomic E-state index is 11.7. The van der Waals surface area contributed by atoms with Crippen LogP contribution < -0.4 is 5.32 Å². The summed E-state index contributed by atoms with van der Waals surface area (Å²) in [7, 11) is -2.99. The number of hydrogen-bond donors (Lipinski definition) is 2. The molecule has 0 radical (unpaired) electrons. The molecule has 1 aromatic carbocycles. The minimum Gasteiger partial charge on any atom is -0.396 e. The van der Waals surface area contributed by atoms with Gasteiger partial charge in [-0.1, -0.05) is 11.6 Å². The van der Waals surface area contributed by atoms with Gasteiger partial charge in [0.05, 0.1) is 24.2 Å². The van der Waals surface area contributed by atoms with Crippen molar-refractivity contribution < 1.29 is 13.5 Å². The zero-order valence-electron chi connectivity index (χ0n) is 10.3. The maximum atomic E-state index is 11.7. The van der Waals surface area contributed by atoms with Gasteiger partial charge in [-0.25, -0.2) is 8.42 Å². The van der Waals surface area contributed by atoms with Crippen LogP contribution in [0.25, 0.3) is 0 Å². The number of rotatable bonds is 5. The van der Waals surface area contributed by atoms with Crippen LogP contribution in [-0.2, 0) is 9.84 Å². The first kappa shape index (κ1) is 15.0. The number of halogens is 1. The predicted molar refractivity (Wildman–Crippen MR) is 80.8 cm³/mol. The quantitative estimate of drug-likeness (QED) is 0.863. The molecule has 1 aliphatic heterocycles. The van der Waals surface area contributed by atoms with E-state index in [9.17, 15) is 8.42 Å². The van der Waals surface area contributed by atoms with Crippen molar-refractivity contribution in [3.05, 3.63) is 29.3 Å². The Morgan fingerprint density at radius 2 is 2.00 bits per heavy atom. The second-order valence-electron chi connectivity index (χ2n) is 4.47. The van der Waals surface area contributed by atoms with Crippen LogP contribution in [0.3, 0.4) is 0 Å². The van der Waals surface area contributed by atoms with Crippen molar-refractivity contribution >= 4 is 38.9 Å². The number of anilines is 1. The SMILES string of the molecule is O=S1(=O)CC(Nc2ccc(Cl)cc2)C(SCCO)C1. The second kappa shape index (κ2) is 6.35. The summed E-state index contributed by atoms with van der Waals surface area (Å²) in [6.07, 6.45) is 0. The van der Waals surface area contributed by atoms with Crippen molar-refractivity contribution in [3.8, 4) is 0 Å². The molecule has 4 nitrogen and oxygen atoms in total. The molecule has 2 rings (SSSR count). The molecular formula is C12H16ClNO3S2. The molecule has 19 heavy (non-hydrogen) atoms. The van der Waals surface area contributed by atoms with E-state index < -0.39 is 9.84 Å². The Labute approximate surface area is 122 Å². The highest BCUT2D eigenvalue weighted by Gasteiger charge is 2.37. The summed E-state index contributed by atoms with van der Waals surface area (Å²) >= 11 is 7.31. The van der Waals surface area contributed by atoms with Gasteiger partial charge in [0.15, 0.2) is 9.84 Å². The number of thioether (sulfide) groups is 1. The molecule has 2 unspecified atom stereocenters. The van der Waals surface area contributed by atoms with Gasteiger partial charge in [0.25, 0.3) is 0 Å². The Morgan fingerprint density at radius 3 is 2.63 bits per heavy atom. The summed E-state index contributed by atoms with van der Waals surface area (Å²) in [5, 5.41) is 12.7. The van der Waals surface area contributed by atoms with Gasteiger partial charge in [-0.2, -0.15) is 11.8 Å². The Kier molecular flexibility index (Phi) is 5.00. The summed E-state index contributed by atoms with van der Waals surface area (Å²) in [6, 6.07) is 7.08. The van der Waals surface area contributed by atoms with Crippen molar-refractivity contribution in [1.82, 2.24) is 0 Å². The van der Waals surface area contributed by atoms with E-state index in [1.807, 2.05) is 12.1 Å². The lowest BCUT2D eigenvalue weighted by Crippen LogP contribution is -2.30. The molecule has 0 bridgehead atoms. The molecule has 1 saturated heterocycles. The molecular weight excluding hydrogens is 306 g/mol. The largest absolute Gasteiger partial charge is 0.396 e. The van der Waals surface area contributed by atoms with E-state index in [2.05, 4.69) is 5.32 Å². The Hall–Kier alpha value is -0.430. The highest BCUT2D eigenvalue weighted by atomic mass is 35.5. The van der Waals surface area contributed by atoms with E-state index in [4.69, 9.17) is 16.7 Å². The predicted octanol–water partition coefficient (Wildman–Crippen LogP) is 1.64. The van der Waals surface area contributed by atoms with Crippen LogP contribution in [0.1, 0.15) is 0 Å². The minimum absolute atomic E-state index is 0.0205. The van der Waals surface area contributed by atoms with Gasteiger partial charge >= 0.3 is 0 Å². The zero-order chi connectivity index (χ0) is 13.9. The van der Waals surface area contributed by atoms with Crippen LogP contribution in [-0.4, -0.2) is 48.7 Å². The average molecular weight is 322 g/mol. The van der Waals surface area contributed by atoms with Gasteiger partial charge in [0.1, 0.15) is 0 Å². The van der Waals surface area contributed by atoms with Gasteiger partial charge in [0.2, 0.25) is 0 Å². The van der Waals surface area contributed by atoms with E-state index in [0.717, 1.165) is 5.69 Å². The Balaban J connectivity index is 2.05. The Bertz CT molecular complexity index is 518. The van der Waals surface area contributed by atoms with E-state index in [1.54, 1.807) is 12.1 Å². The summed E-state index contributed by atoms with van der Waals surface area (Å²) in [4.78, 5) is 0. The van der Waals surface area contributed by atoms with Gasteiger partial charge in [0, 0.05) is 21.7 Å². The number of nitrogens with one attached hydrogen (secondary N) is 1. The molecule has 106 valence electrons. The molecule has 1 heterocycles. The molecule has 2 N–H and O–H groups in total. The standard InChI is InChI=1S/C12H16ClNO3S2/c13-9-1-3-10(4-2-9)14-11-7-19(16,17)8-12(11)18-6-5-15/h1-4,11-12,14-15H,5-8H2. The van der Waals surface area contributed by atoms with Crippen molar-refractivity contribution in [2.45, 2.75) is 11.3 Å². The maximum Gasteiger partial charge on any atom is 0.153 e. The molecule has 0 amide bonds. The Morgan fingerprint density at radius 1 is 1.32 bits per heavy atom. The lowest BCUT2D eigenvalue weighted by Gasteiger charge is -2.20. The van der Waals surface area contributed by atoms with E-state index in [0.29, 0.717) is 10.8 Å². The monoisotopic (exact) mass is 321 g/mol. The fraction of sp³-hybridized carbons (Fsp3) is 0.500. The lowest BCUT2D eigenvalue weighted by molar-refractivity contribution is 0.322. The highest BCUT2D eigenvalue weighted by Crippen LogP contribution is 2.27. The number of benzene rings is 1. The molecule has 0 aromatic heterocycles. The van der Waals surface area contributed by atoms with Gasteiger partial charge in [-0.15, -0.1) is 0 Å². The van der Waals surface area contributed by atoms with Crippen molar-refractivity contribution in [2.24, 2.45) is 0 Å². The molecule has 0 spiro atoms. The fourth-order valence-electron chi connectivity index (χ4n) is 2.08. The summed E-state index contributed by atoms with van der Waals surface area (Å²) in [5.41, 5.74) is 0.862. The van der Waals surface area contributed by atoms with Crippen molar-refractivity contribution in [2.75, 3.05) is 29.2 Å². The van der Waals surface area contributed by atoms with Crippen LogP contribution in [0.2, 0.25) is 5.02 Å². The normalized spacial score (nSPS) is 25.4. The van der Waals surface area contributed by atoms with Crippen molar-refractivity contribution in [3.63, 3.8) is 0 Å². The molecule has 1 aromatic rings. The lowest BCUT2D eigenvalue weighted by atomic mass is 10.2. The first-order chi connectivity index (χ1) is 9.00. The van der Waals surface area contributed by atoms with Gasteiger partial charge < -0.3 is 10.4 Å². The topological polar surface area (TPSA) is 66.4 Å². The zero-order valence-corrected chi connectivity index (χ0v) is 12.6. The van der Waals surface area contributed by atoms with Crippen molar-refractivity contribution in [1.29, 1.82) is 0 Å². The van der Waals surface area contributed by atoms with Gasteiger partial charge in [-0.05, 0) is 24.3 Å². The summed E-state index contributed by atoms with van der Waals surface area (Å²) in [5.74, 6) is 0.862. The molecule has 2 atom stereocenters. The van der Waals surface area contributed by atoms with Gasteiger partial charge in [-0.3, -0.25) is 0 Å². The van der Waals surface area contributed by atoms with Crippen LogP contribution in [0.15, 0.2) is 24.3 Å². The number of aliphatic hydroxyl groups excluding tert-OH is 1. The third-order valence-electron chi connectivity index (χ3n) is 2.92. The summed E-state index contributed by atoms with van der Waals surface area (Å²) in [6.45, 7) is 0.0644. The number of hydrogen-bond acceptors (Lipinski definition) is 5. The fourth-order valence-corrected chi connectivity index (χ4v) is 5.87.